The first kappa shape index (κ1) is 12.6. The fourth-order valence-electron chi connectivity index (χ4n) is 1.55. The van der Waals surface area contributed by atoms with Crippen molar-refractivity contribution < 1.29 is 24.8 Å². The van der Waals surface area contributed by atoms with Gasteiger partial charge in [-0.05, 0) is 12.1 Å². The fraction of sp³-hybridized carbons (Fsp3) is 0.455. The molecule has 0 aliphatic carbocycles. The Morgan fingerprint density at radius 2 is 1.88 bits per heavy atom. The van der Waals surface area contributed by atoms with Gasteiger partial charge in [0.2, 0.25) is 6.29 Å². The number of ether oxygens (including phenoxy) is 2. The quantitative estimate of drug-likeness (QED) is 0.706. The van der Waals surface area contributed by atoms with Crippen molar-refractivity contribution in [2.75, 3.05) is 6.61 Å². The van der Waals surface area contributed by atoms with Gasteiger partial charge in [0.1, 0.15) is 24.1 Å². The van der Waals surface area contributed by atoms with Crippen LogP contribution in [-0.4, -0.2) is 46.5 Å². The Morgan fingerprint density at radius 1 is 1.18 bits per heavy atom. The number of hydrogen-bond acceptors (Lipinski definition) is 5. The lowest BCUT2D eigenvalue weighted by atomic mass is 10.1. The molecule has 1 aliphatic rings. The van der Waals surface area contributed by atoms with Gasteiger partial charge in [0.25, 0.3) is 0 Å². The van der Waals surface area contributed by atoms with Crippen LogP contribution in [0.3, 0.4) is 0 Å². The Labute approximate surface area is 103 Å². The van der Waals surface area contributed by atoms with Crippen molar-refractivity contribution in [1.82, 2.24) is 0 Å². The third-order valence-electron chi connectivity index (χ3n) is 2.53. The molecular weight excluding hydrogens is 248 g/mol. The second-order valence-corrected chi connectivity index (χ2v) is 4.21. The van der Waals surface area contributed by atoms with Crippen LogP contribution in [0.25, 0.3) is 0 Å². The summed E-state index contributed by atoms with van der Waals surface area (Å²) in [5, 5.41) is 28.8. The van der Waals surface area contributed by atoms with E-state index in [4.69, 9.17) is 21.1 Å². The van der Waals surface area contributed by atoms with Gasteiger partial charge in [-0.25, -0.2) is 0 Å². The molecule has 1 aromatic rings. The lowest BCUT2D eigenvalue weighted by molar-refractivity contribution is -0.242. The standard InChI is InChI=1S/C11H13ClO5/c12-6-3-1-2-4-8(6)17-11-10(15)9(14)7(13)5-16-11/h1-4,7,9-11,13-15H,5H2/t7-,9-,10+,11-/m1/s1. The van der Waals surface area contributed by atoms with Crippen molar-refractivity contribution in [3.8, 4) is 5.75 Å². The Kier molecular flexibility index (Phi) is 3.86. The first-order chi connectivity index (χ1) is 8.09. The molecule has 17 heavy (non-hydrogen) atoms. The summed E-state index contributed by atoms with van der Waals surface area (Å²) in [5.74, 6) is 0.349. The van der Waals surface area contributed by atoms with Crippen molar-refractivity contribution in [3.63, 3.8) is 0 Å². The molecular formula is C11H13ClO5. The first-order valence-corrected chi connectivity index (χ1v) is 5.54. The zero-order valence-corrected chi connectivity index (χ0v) is 9.62. The predicted octanol–water partition coefficient (Wildman–Crippen LogP) is 0.158. The van der Waals surface area contributed by atoms with E-state index in [1.54, 1.807) is 24.3 Å². The molecule has 2 rings (SSSR count). The molecule has 0 aromatic heterocycles. The highest BCUT2D eigenvalue weighted by atomic mass is 35.5. The minimum Gasteiger partial charge on any atom is -0.460 e. The molecule has 5 nitrogen and oxygen atoms in total. The fourth-order valence-corrected chi connectivity index (χ4v) is 1.73. The summed E-state index contributed by atoms with van der Waals surface area (Å²) in [5.41, 5.74) is 0. The minimum absolute atomic E-state index is 0.104. The van der Waals surface area contributed by atoms with E-state index < -0.39 is 24.6 Å². The Bertz CT molecular complexity index is 386. The summed E-state index contributed by atoms with van der Waals surface area (Å²) < 4.78 is 10.4. The van der Waals surface area contributed by atoms with E-state index in [-0.39, 0.29) is 6.61 Å². The molecule has 0 amide bonds. The number of benzene rings is 1. The van der Waals surface area contributed by atoms with Gasteiger partial charge in [0, 0.05) is 0 Å². The van der Waals surface area contributed by atoms with Gasteiger partial charge in [-0.2, -0.15) is 0 Å². The van der Waals surface area contributed by atoms with Gasteiger partial charge in [0.05, 0.1) is 11.6 Å². The maximum atomic E-state index is 9.66. The minimum atomic E-state index is -1.32. The van der Waals surface area contributed by atoms with E-state index in [1.165, 1.54) is 0 Å². The predicted molar refractivity (Wildman–Crippen MR) is 59.8 cm³/mol. The normalized spacial score (nSPS) is 33.4. The zero-order chi connectivity index (χ0) is 12.4. The largest absolute Gasteiger partial charge is 0.460 e. The number of hydrogen-bond donors (Lipinski definition) is 3. The SMILES string of the molecule is O[C@@H]1[C@@H](Oc2ccccc2Cl)OC[C@@H](O)[C@H]1O. The molecule has 1 aromatic carbocycles. The van der Waals surface area contributed by atoms with Crippen LogP contribution in [0, 0.1) is 0 Å². The number of halogens is 1. The summed E-state index contributed by atoms with van der Waals surface area (Å²) in [6.45, 7) is -0.104. The summed E-state index contributed by atoms with van der Waals surface area (Å²) >= 11 is 5.88. The summed E-state index contributed by atoms with van der Waals surface area (Å²) in [7, 11) is 0. The maximum Gasteiger partial charge on any atom is 0.228 e. The van der Waals surface area contributed by atoms with Crippen LogP contribution in [0.4, 0.5) is 0 Å². The molecule has 1 aliphatic heterocycles. The number of aliphatic hydroxyl groups is 3. The molecule has 3 N–H and O–H groups in total. The van der Waals surface area contributed by atoms with Gasteiger partial charge in [-0.15, -0.1) is 0 Å². The van der Waals surface area contributed by atoms with Crippen LogP contribution in [-0.2, 0) is 4.74 Å². The molecule has 0 unspecified atom stereocenters. The number of aliphatic hydroxyl groups excluding tert-OH is 3. The van der Waals surface area contributed by atoms with Crippen molar-refractivity contribution in [2.24, 2.45) is 0 Å². The lowest BCUT2D eigenvalue weighted by Crippen LogP contribution is -2.54. The van der Waals surface area contributed by atoms with Crippen LogP contribution < -0.4 is 4.74 Å². The van der Waals surface area contributed by atoms with E-state index in [0.717, 1.165) is 0 Å². The molecule has 4 atom stereocenters. The highest BCUT2D eigenvalue weighted by molar-refractivity contribution is 6.32. The van der Waals surface area contributed by atoms with E-state index in [1.807, 2.05) is 0 Å². The van der Waals surface area contributed by atoms with Gasteiger partial charge in [-0.1, -0.05) is 23.7 Å². The van der Waals surface area contributed by atoms with Gasteiger partial charge in [0.15, 0.2) is 0 Å². The van der Waals surface area contributed by atoms with Crippen LogP contribution in [0.15, 0.2) is 24.3 Å². The van der Waals surface area contributed by atoms with E-state index >= 15 is 0 Å². The monoisotopic (exact) mass is 260 g/mol. The average Bonchev–Trinajstić information content (AvgIpc) is 2.32. The van der Waals surface area contributed by atoms with Crippen LogP contribution in [0.2, 0.25) is 5.02 Å². The third-order valence-corrected chi connectivity index (χ3v) is 2.85. The third kappa shape index (κ3) is 2.70. The Morgan fingerprint density at radius 3 is 2.59 bits per heavy atom. The van der Waals surface area contributed by atoms with Crippen LogP contribution in [0.1, 0.15) is 0 Å². The Hall–Kier alpha value is -0.850. The summed E-state index contributed by atoms with van der Waals surface area (Å²) in [6.07, 6.45) is -4.78. The molecule has 94 valence electrons. The van der Waals surface area contributed by atoms with Crippen molar-refractivity contribution in [1.29, 1.82) is 0 Å². The lowest BCUT2D eigenvalue weighted by Gasteiger charge is -2.35. The van der Waals surface area contributed by atoms with Crippen molar-refractivity contribution in [3.05, 3.63) is 29.3 Å². The van der Waals surface area contributed by atoms with E-state index in [2.05, 4.69) is 0 Å². The number of para-hydroxylation sites is 1. The molecule has 0 radical (unpaired) electrons. The van der Waals surface area contributed by atoms with Crippen LogP contribution >= 0.6 is 11.6 Å². The highest BCUT2D eigenvalue weighted by Gasteiger charge is 2.39. The molecule has 0 bridgehead atoms. The zero-order valence-electron chi connectivity index (χ0n) is 8.86. The molecule has 6 heteroatoms. The maximum absolute atomic E-state index is 9.66. The summed E-state index contributed by atoms with van der Waals surface area (Å²) in [4.78, 5) is 0. The second-order valence-electron chi connectivity index (χ2n) is 3.80. The molecule has 0 spiro atoms. The van der Waals surface area contributed by atoms with Gasteiger partial charge < -0.3 is 24.8 Å². The molecule has 1 heterocycles. The molecule has 1 saturated heterocycles. The first-order valence-electron chi connectivity index (χ1n) is 5.16. The van der Waals surface area contributed by atoms with Crippen LogP contribution in [0.5, 0.6) is 5.75 Å². The topological polar surface area (TPSA) is 79.2 Å². The van der Waals surface area contributed by atoms with Gasteiger partial charge >= 0.3 is 0 Å². The number of rotatable bonds is 2. The van der Waals surface area contributed by atoms with Crippen molar-refractivity contribution in [2.45, 2.75) is 24.6 Å². The molecule has 0 saturated carbocycles. The average molecular weight is 261 g/mol. The van der Waals surface area contributed by atoms with E-state index in [9.17, 15) is 15.3 Å². The highest BCUT2D eigenvalue weighted by Crippen LogP contribution is 2.27. The Balaban J connectivity index is 2.07. The summed E-state index contributed by atoms with van der Waals surface area (Å²) in [6, 6.07) is 6.72. The molecule has 1 fully saturated rings. The van der Waals surface area contributed by atoms with Gasteiger partial charge in [-0.3, -0.25) is 0 Å². The van der Waals surface area contributed by atoms with Crippen molar-refractivity contribution >= 4 is 11.6 Å². The van der Waals surface area contributed by atoms with E-state index in [0.29, 0.717) is 10.8 Å². The second kappa shape index (κ2) is 5.20. The smallest absolute Gasteiger partial charge is 0.228 e.